The average molecular weight is 1150 g/mol. The highest BCUT2D eigenvalue weighted by Gasteiger charge is 2.35. The summed E-state index contributed by atoms with van der Waals surface area (Å²) in [6.45, 7) is 13.2. The highest BCUT2D eigenvalue weighted by molar-refractivity contribution is 5.98. The summed E-state index contributed by atoms with van der Waals surface area (Å²) in [5.41, 5.74) is 30.4. The number of amides is 9. The Hall–Kier alpha value is -8.13. The predicted molar refractivity (Wildman–Crippen MR) is 311 cm³/mol. The predicted octanol–water partition coefficient (Wildman–Crippen LogP) is -0.683. The molecular weight excluding hydrogens is 1060 g/mol. The van der Waals surface area contributed by atoms with Gasteiger partial charge in [-0.15, -0.1) is 0 Å². The number of aromatic nitrogens is 1. The lowest BCUT2D eigenvalue weighted by Gasteiger charge is -2.29. The van der Waals surface area contributed by atoms with Gasteiger partial charge in [-0.2, -0.15) is 0 Å². The standard InChI is InChI=1S/C54H85N15O9.C2H4O2/c1-8-32(6)45(69-48(73)37(56)26-34-17-10-9-11-18-34)53(78)63-33(7)47(72)66-42(27-35-28-61-38-20-13-12-19-36(35)38)50(75)67-41(25-30(2)3)51(76)68-44(31(4)5)52(77)65-40(21-14-15-23-55)49(74)62-29-43(70)64-39(46(57)71)22-16-24-60-54(58)59;1-2(3)4/h9-13,17-20,28,30-33,37,39-42,44-45,61H,8,14-16,21-27,29,55-56H2,1-7H3,(H2,57,71)(H,62,74)(H,63,78)(H,64,70)(H,65,77)(H,66,72)(H,67,75)(H,68,76)(H,69,73)(H4,58,59,60);1H3,(H,3,4)/t32-,33-,37-,39+,40-,41-,42-,44-,45?;/m0./s1. The number of hydrogen-bond donors (Lipinski definition) is 15. The van der Waals surface area contributed by atoms with Crippen LogP contribution in [0.1, 0.15) is 111 Å². The molecule has 82 heavy (non-hydrogen) atoms. The van der Waals surface area contributed by atoms with Crippen LogP contribution in [0.25, 0.3) is 10.9 Å². The Morgan fingerprint density at radius 1 is 0.622 bits per heavy atom. The number of carboxylic acids is 1. The van der Waals surface area contributed by atoms with Gasteiger partial charge >= 0.3 is 0 Å². The van der Waals surface area contributed by atoms with Crippen molar-refractivity contribution in [2.24, 2.45) is 51.4 Å². The summed E-state index contributed by atoms with van der Waals surface area (Å²) in [7, 11) is 0. The Balaban J connectivity index is 0.00000554. The molecule has 3 aromatic rings. The van der Waals surface area contributed by atoms with Gasteiger partial charge in [-0.1, -0.05) is 96.5 Å². The molecule has 3 rings (SSSR count). The van der Waals surface area contributed by atoms with Crippen LogP contribution < -0.4 is 71.2 Å². The maximum absolute atomic E-state index is 14.6. The number of carbonyl (C=O) groups excluding carboxylic acids is 9. The van der Waals surface area contributed by atoms with E-state index >= 15 is 0 Å². The summed E-state index contributed by atoms with van der Waals surface area (Å²) in [6.07, 6.45) is 4.06. The highest BCUT2D eigenvalue weighted by atomic mass is 16.4. The van der Waals surface area contributed by atoms with Gasteiger partial charge in [0.15, 0.2) is 5.96 Å². The lowest BCUT2D eigenvalue weighted by atomic mass is 9.97. The largest absolute Gasteiger partial charge is 0.481 e. The minimum absolute atomic E-state index is 0.0398. The molecule has 26 nitrogen and oxygen atoms in total. The second-order valence-electron chi connectivity index (χ2n) is 21.0. The fourth-order valence-electron chi connectivity index (χ4n) is 8.43. The highest BCUT2D eigenvalue weighted by Crippen LogP contribution is 2.20. The second kappa shape index (κ2) is 36.3. The van der Waals surface area contributed by atoms with Gasteiger partial charge in [-0.3, -0.25) is 52.9 Å². The fourth-order valence-corrected chi connectivity index (χ4v) is 8.43. The molecule has 454 valence electrons. The number of hydrogen-bond acceptors (Lipinski definition) is 13. The number of primary amides is 1. The molecule has 9 atom stereocenters. The van der Waals surface area contributed by atoms with E-state index < -0.39 is 120 Å². The van der Waals surface area contributed by atoms with E-state index in [1.807, 2.05) is 75.4 Å². The maximum atomic E-state index is 14.6. The molecule has 0 radical (unpaired) electrons. The Kier molecular flexibility index (Phi) is 31.0. The first-order chi connectivity index (χ1) is 38.7. The number of carboxylic acid groups (broad SMARTS) is 1. The van der Waals surface area contributed by atoms with Crippen molar-refractivity contribution in [1.82, 2.24) is 47.5 Å². The van der Waals surface area contributed by atoms with E-state index in [0.29, 0.717) is 37.8 Å². The number of nitrogens with zero attached hydrogens (tertiary/aromatic N) is 1. The zero-order chi connectivity index (χ0) is 61.6. The number of aliphatic carboxylic acids is 1. The van der Waals surface area contributed by atoms with Gasteiger partial charge in [0, 0.05) is 37.0 Å². The van der Waals surface area contributed by atoms with E-state index in [-0.39, 0.29) is 56.4 Å². The van der Waals surface area contributed by atoms with E-state index in [2.05, 4.69) is 52.5 Å². The molecule has 0 aliphatic rings. The number of aromatic amines is 1. The summed E-state index contributed by atoms with van der Waals surface area (Å²) in [5, 5.41) is 29.7. The number of fused-ring (bicyclic) bond motifs is 1. The molecule has 0 spiro atoms. The van der Waals surface area contributed by atoms with Crippen LogP contribution in [-0.4, -0.2) is 143 Å². The first kappa shape index (κ1) is 70.0. The zero-order valence-corrected chi connectivity index (χ0v) is 48.5. The average Bonchev–Trinajstić information content (AvgIpc) is 3.82. The van der Waals surface area contributed by atoms with Gasteiger partial charge in [-0.05, 0) is 93.4 Å². The van der Waals surface area contributed by atoms with E-state index in [4.69, 9.17) is 38.6 Å². The molecule has 0 saturated carbocycles. The molecule has 1 aromatic heterocycles. The summed E-state index contributed by atoms with van der Waals surface area (Å²) < 4.78 is 0. The quantitative estimate of drug-likeness (QED) is 0.0200. The van der Waals surface area contributed by atoms with E-state index in [1.165, 1.54) is 6.92 Å². The minimum atomic E-state index is -1.30. The molecule has 0 aliphatic carbocycles. The number of carbonyl (C=O) groups is 10. The molecule has 0 aliphatic heterocycles. The number of guanidine groups is 1. The van der Waals surface area contributed by atoms with Crippen LogP contribution in [0.4, 0.5) is 0 Å². The molecule has 1 unspecified atom stereocenters. The minimum Gasteiger partial charge on any atom is -0.481 e. The summed E-state index contributed by atoms with van der Waals surface area (Å²) in [6, 6.07) is 7.42. The summed E-state index contributed by atoms with van der Waals surface area (Å²) in [5.74, 6) is -8.30. The Morgan fingerprint density at radius 2 is 1.20 bits per heavy atom. The first-order valence-electron chi connectivity index (χ1n) is 27.7. The van der Waals surface area contributed by atoms with Gasteiger partial charge in [-0.25, -0.2) is 0 Å². The lowest BCUT2D eigenvalue weighted by Crippen LogP contribution is -2.61. The van der Waals surface area contributed by atoms with Crippen molar-refractivity contribution in [2.45, 2.75) is 162 Å². The normalized spacial score (nSPS) is 14.3. The van der Waals surface area contributed by atoms with Crippen LogP contribution in [0.5, 0.6) is 0 Å². The number of nitrogens with two attached hydrogens (primary N) is 5. The van der Waals surface area contributed by atoms with E-state index in [0.717, 1.165) is 23.4 Å². The maximum Gasteiger partial charge on any atom is 0.300 e. The van der Waals surface area contributed by atoms with Crippen LogP contribution in [0.2, 0.25) is 0 Å². The number of H-pyrrole nitrogens is 1. The van der Waals surface area contributed by atoms with Gasteiger partial charge in [0.2, 0.25) is 53.2 Å². The van der Waals surface area contributed by atoms with Crippen molar-refractivity contribution in [1.29, 1.82) is 0 Å². The number of aliphatic imine (C=N–C) groups is 1. The third-order valence-corrected chi connectivity index (χ3v) is 13.1. The smallest absolute Gasteiger partial charge is 0.300 e. The number of unbranched alkanes of at least 4 members (excludes halogenated alkanes) is 1. The van der Waals surface area contributed by atoms with Gasteiger partial charge in [0.1, 0.15) is 42.3 Å². The van der Waals surface area contributed by atoms with Crippen molar-refractivity contribution < 1.29 is 53.1 Å². The van der Waals surface area contributed by atoms with Gasteiger partial charge < -0.3 is 81.3 Å². The zero-order valence-electron chi connectivity index (χ0n) is 48.5. The molecule has 20 N–H and O–H groups in total. The number of nitrogens with one attached hydrogen (secondary N) is 9. The van der Waals surface area contributed by atoms with Crippen molar-refractivity contribution in [3.8, 4) is 0 Å². The monoisotopic (exact) mass is 1150 g/mol. The van der Waals surface area contributed by atoms with Gasteiger partial charge in [0.25, 0.3) is 5.97 Å². The number of rotatable bonds is 34. The molecule has 1 heterocycles. The fraction of sp³-hybridized carbons (Fsp3) is 0.554. The molecular formula is C56H89N15O11. The second-order valence-corrected chi connectivity index (χ2v) is 21.0. The number of para-hydroxylation sites is 1. The van der Waals surface area contributed by atoms with Crippen molar-refractivity contribution in [2.75, 3.05) is 19.6 Å². The van der Waals surface area contributed by atoms with Crippen LogP contribution in [0.15, 0.2) is 65.8 Å². The Labute approximate surface area is 479 Å². The Morgan fingerprint density at radius 3 is 1.79 bits per heavy atom. The summed E-state index contributed by atoms with van der Waals surface area (Å²) in [4.78, 5) is 139. The van der Waals surface area contributed by atoms with Crippen LogP contribution in [-0.2, 0) is 60.8 Å². The Bertz CT molecular complexity index is 2600. The van der Waals surface area contributed by atoms with Crippen LogP contribution in [0, 0.1) is 17.8 Å². The van der Waals surface area contributed by atoms with E-state index in [9.17, 15) is 43.2 Å². The van der Waals surface area contributed by atoms with Crippen molar-refractivity contribution >= 4 is 76.0 Å². The molecule has 0 saturated heterocycles. The van der Waals surface area contributed by atoms with Crippen molar-refractivity contribution in [3.63, 3.8) is 0 Å². The van der Waals surface area contributed by atoms with Gasteiger partial charge in [0.05, 0.1) is 12.6 Å². The van der Waals surface area contributed by atoms with Crippen molar-refractivity contribution in [3.05, 3.63) is 71.9 Å². The molecule has 0 fully saturated rings. The lowest BCUT2D eigenvalue weighted by molar-refractivity contribution is -0.136. The SMILES string of the molecule is CC(=O)O.CC[C@H](C)C(NC(=O)[C@@H](N)Cc1ccccc1)C(=O)N[C@@H](C)C(=O)N[C@@H](Cc1c[nH]c2ccccc12)C(=O)N[C@@H](CC(C)C)C(=O)N[C@H](C(=O)N[C@@H](CCCCN)C(=O)NCC(=O)N[C@H](CCCN=C(N)N)C(N)=O)C(C)C. The topological polar surface area (TPSA) is 445 Å². The van der Waals surface area contributed by atoms with Crippen LogP contribution in [0.3, 0.4) is 0 Å². The van der Waals surface area contributed by atoms with E-state index in [1.54, 1.807) is 27.0 Å². The molecule has 0 bridgehead atoms. The number of benzene rings is 2. The van der Waals surface area contributed by atoms with Crippen LogP contribution >= 0.6 is 0 Å². The summed E-state index contributed by atoms with van der Waals surface area (Å²) >= 11 is 0. The molecule has 2 aromatic carbocycles. The third-order valence-electron chi connectivity index (χ3n) is 13.1. The third kappa shape index (κ3) is 25.5. The molecule has 26 heteroatoms. The molecule has 9 amide bonds. The first-order valence-corrected chi connectivity index (χ1v) is 27.7.